The normalized spacial score (nSPS) is 12.9. The summed E-state index contributed by atoms with van der Waals surface area (Å²) in [7, 11) is 0. The molecule has 0 unspecified atom stereocenters. The SMILES string of the molecule is c1ccc(N2c3ccccc3B3c4ccccc4N(c4ccccc4-c4cccc5c4c4ccccc4n5-c4ccccc4)c4cccc2c43)cc1. The highest BCUT2D eigenvalue weighted by Gasteiger charge is 2.43. The molecule has 0 radical (unpaired) electrons. The fourth-order valence-corrected chi connectivity index (χ4v) is 8.95. The third-order valence-electron chi connectivity index (χ3n) is 11.0. The van der Waals surface area contributed by atoms with Gasteiger partial charge in [-0.25, -0.2) is 0 Å². The monoisotopic (exact) mass is 661 g/mol. The average Bonchev–Trinajstić information content (AvgIpc) is 3.56. The zero-order chi connectivity index (χ0) is 34.2. The fourth-order valence-electron chi connectivity index (χ4n) is 8.95. The molecule has 0 saturated heterocycles. The first-order valence-corrected chi connectivity index (χ1v) is 18.0. The van der Waals surface area contributed by atoms with Crippen LogP contribution in [0.2, 0.25) is 0 Å². The lowest BCUT2D eigenvalue weighted by molar-refractivity contribution is 1.18. The number of anilines is 6. The van der Waals surface area contributed by atoms with Crippen molar-refractivity contribution in [2.45, 2.75) is 0 Å². The van der Waals surface area contributed by atoms with Crippen LogP contribution in [0.25, 0.3) is 38.6 Å². The van der Waals surface area contributed by atoms with Crippen molar-refractivity contribution in [1.82, 2.24) is 4.57 Å². The number of fused-ring (bicyclic) bond motifs is 7. The molecule has 0 N–H and O–H groups in total. The fraction of sp³-hybridized carbons (Fsp3) is 0. The van der Waals surface area contributed by atoms with Crippen molar-refractivity contribution in [3.05, 3.63) is 194 Å². The van der Waals surface area contributed by atoms with Gasteiger partial charge in [-0.15, -0.1) is 0 Å². The van der Waals surface area contributed by atoms with E-state index in [1.165, 1.54) is 72.1 Å². The molecule has 52 heavy (non-hydrogen) atoms. The molecule has 1 aromatic heterocycles. The van der Waals surface area contributed by atoms with Gasteiger partial charge in [-0.05, 0) is 88.7 Å². The summed E-state index contributed by atoms with van der Waals surface area (Å²) in [5, 5.41) is 2.51. The Labute approximate surface area is 303 Å². The Morgan fingerprint density at radius 2 is 0.827 bits per heavy atom. The van der Waals surface area contributed by atoms with E-state index in [-0.39, 0.29) is 6.71 Å². The minimum Gasteiger partial charge on any atom is -0.311 e. The molecule has 242 valence electrons. The van der Waals surface area contributed by atoms with Gasteiger partial charge < -0.3 is 14.4 Å². The number of nitrogens with zero attached hydrogens (tertiary/aromatic N) is 3. The quantitative estimate of drug-likeness (QED) is 0.174. The third-order valence-corrected chi connectivity index (χ3v) is 11.0. The molecule has 8 aromatic carbocycles. The van der Waals surface area contributed by atoms with Crippen molar-refractivity contribution in [1.29, 1.82) is 0 Å². The van der Waals surface area contributed by atoms with Crippen LogP contribution in [0.3, 0.4) is 0 Å². The van der Waals surface area contributed by atoms with Gasteiger partial charge in [0.15, 0.2) is 0 Å². The van der Waals surface area contributed by atoms with Crippen molar-refractivity contribution in [3.63, 3.8) is 0 Å². The molecule has 0 amide bonds. The summed E-state index contributed by atoms with van der Waals surface area (Å²) in [6, 6.07) is 70.9. The Balaban J connectivity index is 1.19. The Morgan fingerprint density at radius 1 is 0.327 bits per heavy atom. The van der Waals surface area contributed by atoms with E-state index in [0.717, 1.165) is 17.1 Å². The highest BCUT2D eigenvalue weighted by molar-refractivity contribution is 7.00. The summed E-state index contributed by atoms with van der Waals surface area (Å²) < 4.78 is 2.40. The van der Waals surface area contributed by atoms with Gasteiger partial charge in [-0.1, -0.05) is 127 Å². The standard InChI is InChI=1S/C48H32BN3/c1-3-17-33(18-4-1)50-41-27-12-8-22-37(41)47-36(23-15-30-44(47)50)35-21-7-11-26-40(35)52-43-29-14-10-25-39(43)49-38-24-9-13-28-42(38)51(34-19-5-2-6-20-34)45-31-16-32-46(52)48(45)49/h1-32H. The topological polar surface area (TPSA) is 11.4 Å². The predicted octanol–water partition coefficient (Wildman–Crippen LogP) is 10.5. The molecular weight excluding hydrogens is 629 g/mol. The van der Waals surface area contributed by atoms with Crippen LogP contribution >= 0.6 is 0 Å². The summed E-state index contributed by atoms with van der Waals surface area (Å²) in [5.41, 5.74) is 17.2. The lowest BCUT2D eigenvalue weighted by atomic mass is 9.33. The Morgan fingerprint density at radius 3 is 1.58 bits per heavy atom. The van der Waals surface area contributed by atoms with E-state index in [2.05, 4.69) is 208 Å². The van der Waals surface area contributed by atoms with E-state index in [0.29, 0.717) is 0 Å². The second kappa shape index (κ2) is 11.4. The third kappa shape index (κ3) is 4.09. The van der Waals surface area contributed by atoms with E-state index in [1.54, 1.807) is 0 Å². The Hall–Kier alpha value is -6.78. The molecule has 9 aromatic rings. The van der Waals surface area contributed by atoms with Crippen LogP contribution in [-0.2, 0) is 0 Å². The minimum atomic E-state index is 0.106. The van der Waals surface area contributed by atoms with Gasteiger partial charge in [-0.3, -0.25) is 0 Å². The number of hydrogen-bond donors (Lipinski definition) is 0. The van der Waals surface area contributed by atoms with Crippen molar-refractivity contribution >= 4 is 79.0 Å². The van der Waals surface area contributed by atoms with Gasteiger partial charge >= 0.3 is 0 Å². The summed E-state index contributed by atoms with van der Waals surface area (Å²) in [6.07, 6.45) is 0. The van der Waals surface area contributed by atoms with Gasteiger partial charge in [0.05, 0.1) is 16.7 Å². The smallest absolute Gasteiger partial charge is 0.252 e. The zero-order valence-electron chi connectivity index (χ0n) is 28.4. The molecule has 4 heteroatoms. The predicted molar refractivity (Wildman–Crippen MR) is 220 cm³/mol. The first-order chi connectivity index (χ1) is 25.9. The molecule has 2 aliphatic heterocycles. The number of hydrogen-bond acceptors (Lipinski definition) is 2. The van der Waals surface area contributed by atoms with Crippen LogP contribution < -0.4 is 26.2 Å². The molecule has 0 bridgehead atoms. The second-order valence-electron chi connectivity index (χ2n) is 13.7. The molecule has 11 rings (SSSR count). The van der Waals surface area contributed by atoms with Crippen LogP contribution in [0.15, 0.2) is 194 Å². The number of para-hydroxylation sites is 6. The average molecular weight is 662 g/mol. The van der Waals surface area contributed by atoms with Gasteiger partial charge in [0.2, 0.25) is 0 Å². The largest absolute Gasteiger partial charge is 0.311 e. The molecule has 3 nitrogen and oxygen atoms in total. The Bertz CT molecular complexity index is 2820. The van der Waals surface area contributed by atoms with Gasteiger partial charge in [-0.2, -0.15) is 0 Å². The maximum atomic E-state index is 2.52. The molecule has 0 saturated carbocycles. The molecule has 3 heterocycles. The molecule has 0 atom stereocenters. The van der Waals surface area contributed by atoms with E-state index >= 15 is 0 Å². The van der Waals surface area contributed by atoms with Crippen LogP contribution in [-0.4, -0.2) is 11.3 Å². The first kappa shape index (κ1) is 29.0. The Kier molecular flexibility index (Phi) is 6.35. The van der Waals surface area contributed by atoms with Crippen LogP contribution in [0.5, 0.6) is 0 Å². The number of benzene rings is 8. The maximum Gasteiger partial charge on any atom is 0.252 e. The second-order valence-corrected chi connectivity index (χ2v) is 13.7. The summed E-state index contributed by atoms with van der Waals surface area (Å²) in [6.45, 7) is 0.106. The van der Waals surface area contributed by atoms with Crippen molar-refractivity contribution in [3.8, 4) is 16.8 Å². The molecular formula is C48H32BN3. The summed E-state index contributed by atoms with van der Waals surface area (Å²) in [5.74, 6) is 0. The highest BCUT2D eigenvalue weighted by Crippen LogP contribution is 2.48. The van der Waals surface area contributed by atoms with Crippen LogP contribution in [0, 0.1) is 0 Å². The van der Waals surface area contributed by atoms with Gasteiger partial charge in [0.1, 0.15) is 0 Å². The lowest BCUT2D eigenvalue weighted by Gasteiger charge is -2.44. The van der Waals surface area contributed by atoms with Crippen molar-refractivity contribution < 1.29 is 0 Å². The van der Waals surface area contributed by atoms with E-state index in [4.69, 9.17) is 0 Å². The van der Waals surface area contributed by atoms with Crippen LogP contribution in [0.4, 0.5) is 34.1 Å². The minimum absolute atomic E-state index is 0.106. The van der Waals surface area contributed by atoms with Gasteiger partial charge in [0, 0.05) is 50.5 Å². The van der Waals surface area contributed by atoms with E-state index in [9.17, 15) is 0 Å². The zero-order valence-corrected chi connectivity index (χ0v) is 28.4. The lowest BCUT2D eigenvalue weighted by Crippen LogP contribution is -2.61. The van der Waals surface area contributed by atoms with E-state index in [1.807, 2.05) is 0 Å². The van der Waals surface area contributed by atoms with Crippen molar-refractivity contribution in [2.24, 2.45) is 0 Å². The summed E-state index contributed by atoms with van der Waals surface area (Å²) in [4.78, 5) is 4.97. The molecule has 2 aliphatic rings. The molecule has 0 fully saturated rings. The number of aromatic nitrogens is 1. The molecule has 0 aliphatic carbocycles. The highest BCUT2D eigenvalue weighted by atomic mass is 15.2. The number of rotatable bonds is 4. The molecule has 0 spiro atoms. The maximum absolute atomic E-state index is 2.52. The first-order valence-electron chi connectivity index (χ1n) is 18.0. The van der Waals surface area contributed by atoms with Crippen LogP contribution in [0.1, 0.15) is 0 Å². The van der Waals surface area contributed by atoms with Crippen molar-refractivity contribution in [2.75, 3.05) is 9.80 Å². The summed E-state index contributed by atoms with van der Waals surface area (Å²) >= 11 is 0. The van der Waals surface area contributed by atoms with Gasteiger partial charge in [0.25, 0.3) is 6.71 Å². The van der Waals surface area contributed by atoms with E-state index < -0.39 is 0 Å².